The quantitative estimate of drug-likeness (QED) is 0.785. The Hall–Kier alpha value is -2.40. The summed E-state index contributed by atoms with van der Waals surface area (Å²) >= 11 is 0. The van der Waals surface area contributed by atoms with Crippen molar-refractivity contribution in [1.29, 1.82) is 0 Å². The molecule has 4 atom stereocenters. The highest BCUT2D eigenvalue weighted by Gasteiger charge is 2.47. The third-order valence-electron chi connectivity index (χ3n) is 6.78. The Bertz CT molecular complexity index is 882. The lowest BCUT2D eigenvalue weighted by Crippen LogP contribution is -2.63. The predicted molar refractivity (Wildman–Crippen MR) is 105 cm³/mol. The third kappa shape index (κ3) is 2.89. The molecule has 4 aliphatic rings. The van der Waals surface area contributed by atoms with Gasteiger partial charge in [0.25, 0.3) is 0 Å². The first kappa shape index (κ1) is 17.7. The Morgan fingerprint density at radius 3 is 2.64 bits per heavy atom. The third-order valence-corrected chi connectivity index (χ3v) is 6.78. The van der Waals surface area contributed by atoms with Crippen molar-refractivity contribution >= 4 is 6.09 Å². The number of fused-ring (bicyclic) bond motifs is 3. The van der Waals surface area contributed by atoms with Crippen molar-refractivity contribution < 1.29 is 13.9 Å². The highest BCUT2D eigenvalue weighted by molar-refractivity contribution is 5.70. The van der Waals surface area contributed by atoms with Crippen LogP contribution < -0.4 is 0 Å². The normalized spacial score (nSPS) is 29.0. The minimum absolute atomic E-state index is 0.0338. The monoisotopic (exact) mass is 380 g/mol. The molecule has 1 saturated carbocycles. The van der Waals surface area contributed by atoms with E-state index in [0.717, 1.165) is 36.8 Å². The molecule has 28 heavy (non-hydrogen) atoms. The van der Waals surface area contributed by atoms with E-state index >= 15 is 0 Å². The van der Waals surface area contributed by atoms with E-state index in [0.29, 0.717) is 18.6 Å². The molecule has 6 rings (SSSR count). The zero-order valence-electron chi connectivity index (χ0n) is 16.1. The Kier molecular flexibility index (Phi) is 4.35. The van der Waals surface area contributed by atoms with Crippen molar-refractivity contribution in [3.05, 3.63) is 71.0 Å². The lowest BCUT2D eigenvalue weighted by atomic mass is 9.78. The number of nitrogens with zero attached hydrogens (tertiary/aromatic N) is 2. The van der Waals surface area contributed by atoms with Crippen LogP contribution in [0.2, 0.25) is 0 Å². The molecule has 2 saturated heterocycles. The highest BCUT2D eigenvalue weighted by atomic mass is 19.1. The van der Waals surface area contributed by atoms with Crippen molar-refractivity contribution in [2.75, 3.05) is 13.6 Å². The SMILES string of the molecule is CN1C2CCC(OC(=O)N3CCc4ccccc4[C@@H]3c3ccc(F)cc3)C1C2. The highest BCUT2D eigenvalue weighted by Crippen LogP contribution is 2.40. The molecular weight excluding hydrogens is 355 g/mol. The Morgan fingerprint density at radius 2 is 1.89 bits per heavy atom. The number of rotatable bonds is 2. The van der Waals surface area contributed by atoms with Crippen molar-refractivity contribution in [3.63, 3.8) is 0 Å². The number of piperidine rings is 1. The molecule has 4 nitrogen and oxygen atoms in total. The number of benzene rings is 2. The number of ether oxygens (including phenoxy) is 1. The molecular formula is C23H25FN2O2. The van der Waals surface area contributed by atoms with Gasteiger partial charge in [0, 0.05) is 18.6 Å². The van der Waals surface area contributed by atoms with Gasteiger partial charge in [0.05, 0.1) is 6.04 Å². The molecule has 1 aliphatic carbocycles. The van der Waals surface area contributed by atoms with Gasteiger partial charge in [-0.1, -0.05) is 36.4 Å². The average molecular weight is 380 g/mol. The largest absolute Gasteiger partial charge is 0.444 e. The van der Waals surface area contributed by atoms with E-state index in [9.17, 15) is 9.18 Å². The van der Waals surface area contributed by atoms with Gasteiger partial charge in [-0.05, 0) is 61.6 Å². The van der Waals surface area contributed by atoms with Crippen LogP contribution in [0.5, 0.6) is 0 Å². The second-order valence-corrected chi connectivity index (χ2v) is 8.22. The van der Waals surface area contributed by atoms with Gasteiger partial charge in [-0.15, -0.1) is 0 Å². The average Bonchev–Trinajstić information content (AvgIpc) is 2.73. The summed E-state index contributed by atoms with van der Waals surface area (Å²) in [5.41, 5.74) is 3.25. The van der Waals surface area contributed by atoms with Crippen LogP contribution in [-0.2, 0) is 11.2 Å². The number of halogens is 1. The van der Waals surface area contributed by atoms with Crippen molar-refractivity contribution in [2.24, 2.45) is 0 Å². The van der Waals surface area contributed by atoms with E-state index < -0.39 is 0 Å². The second kappa shape index (κ2) is 6.89. The smallest absolute Gasteiger partial charge is 0.410 e. The summed E-state index contributed by atoms with van der Waals surface area (Å²) in [6, 6.07) is 15.4. The summed E-state index contributed by atoms with van der Waals surface area (Å²) in [5, 5.41) is 0. The van der Waals surface area contributed by atoms with Gasteiger partial charge >= 0.3 is 6.09 Å². The number of carbonyl (C=O) groups is 1. The van der Waals surface area contributed by atoms with Crippen LogP contribution in [0.4, 0.5) is 9.18 Å². The second-order valence-electron chi connectivity index (χ2n) is 8.22. The Morgan fingerprint density at radius 1 is 1.11 bits per heavy atom. The first-order valence-electron chi connectivity index (χ1n) is 10.1. The standard InChI is InChI=1S/C23H25FN2O2/c1-25-18-10-11-21(20(25)14-18)28-23(27)26-13-12-15-4-2-3-5-19(15)22(26)16-6-8-17(24)9-7-16/h2-9,18,20-22H,10-14H2,1H3/t18?,20?,21?,22-/m0/s1. The van der Waals surface area contributed by atoms with Gasteiger partial charge in [-0.25, -0.2) is 9.18 Å². The molecule has 3 fully saturated rings. The minimum atomic E-state index is -0.272. The molecule has 1 amide bonds. The van der Waals surface area contributed by atoms with Crippen LogP contribution in [0.25, 0.3) is 0 Å². The summed E-state index contributed by atoms with van der Waals surface area (Å²) in [6.45, 7) is 0.605. The van der Waals surface area contributed by atoms with Gasteiger partial charge in [0.1, 0.15) is 11.9 Å². The topological polar surface area (TPSA) is 32.8 Å². The first-order valence-corrected chi connectivity index (χ1v) is 10.1. The maximum atomic E-state index is 13.5. The number of amides is 1. The van der Waals surface area contributed by atoms with E-state index in [4.69, 9.17) is 4.74 Å². The summed E-state index contributed by atoms with van der Waals surface area (Å²) in [4.78, 5) is 17.4. The molecule has 3 heterocycles. The van der Waals surface area contributed by atoms with Crippen LogP contribution in [0, 0.1) is 5.82 Å². The molecule has 3 aliphatic heterocycles. The maximum Gasteiger partial charge on any atom is 0.410 e. The van der Waals surface area contributed by atoms with E-state index in [1.54, 1.807) is 12.1 Å². The summed E-state index contributed by atoms with van der Waals surface area (Å²) in [7, 11) is 2.12. The van der Waals surface area contributed by atoms with Gasteiger partial charge in [0.2, 0.25) is 0 Å². The molecule has 2 aromatic rings. The van der Waals surface area contributed by atoms with Crippen molar-refractivity contribution in [2.45, 2.75) is 49.9 Å². The van der Waals surface area contributed by atoms with Gasteiger partial charge in [-0.3, -0.25) is 9.80 Å². The summed E-state index contributed by atoms with van der Waals surface area (Å²) in [5.74, 6) is -0.272. The van der Waals surface area contributed by atoms with Gasteiger partial charge < -0.3 is 4.74 Å². The molecule has 0 N–H and O–H groups in total. The van der Waals surface area contributed by atoms with E-state index in [-0.39, 0.29) is 24.1 Å². The molecule has 2 bridgehead atoms. The van der Waals surface area contributed by atoms with Crippen LogP contribution >= 0.6 is 0 Å². The van der Waals surface area contributed by atoms with E-state index in [1.807, 2.05) is 17.0 Å². The van der Waals surface area contributed by atoms with E-state index in [2.05, 4.69) is 24.1 Å². The van der Waals surface area contributed by atoms with Crippen LogP contribution in [0.15, 0.2) is 48.5 Å². The fourth-order valence-corrected chi connectivity index (χ4v) is 5.13. The molecule has 0 radical (unpaired) electrons. The molecule has 5 heteroatoms. The zero-order valence-corrected chi connectivity index (χ0v) is 16.1. The van der Waals surface area contributed by atoms with E-state index in [1.165, 1.54) is 17.7 Å². The molecule has 0 spiro atoms. The maximum absolute atomic E-state index is 13.5. The molecule has 3 unspecified atom stereocenters. The zero-order chi connectivity index (χ0) is 19.3. The number of carbonyl (C=O) groups excluding carboxylic acids is 1. The lowest BCUT2D eigenvalue weighted by molar-refractivity contribution is -0.0980. The predicted octanol–water partition coefficient (Wildman–Crippen LogP) is 4.14. The molecule has 0 aromatic heterocycles. The molecule has 146 valence electrons. The van der Waals surface area contributed by atoms with Crippen molar-refractivity contribution in [3.8, 4) is 0 Å². The van der Waals surface area contributed by atoms with Gasteiger partial charge in [-0.2, -0.15) is 0 Å². The van der Waals surface area contributed by atoms with Crippen molar-refractivity contribution in [1.82, 2.24) is 9.80 Å². The first-order chi connectivity index (χ1) is 13.6. The fraction of sp³-hybridized carbons (Fsp3) is 0.435. The number of hydrogen-bond acceptors (Lipinski definition) is 3. The van der Waals surface area contributed by atoms with Crippen LogP contribution in [0.1, 0.15) is 42.0 Å². The molecule has 2 aromatic carbocycles. The fourth-order valence-electron chi connectivity index (χ4n) is 5.13. The Labute approximate surface area is 164 Å². The lowest BCUT2D eigenvalue weighted by Gasteiger charge is -2.54. The van der Waals surface area contributed by atoms with Crippen LogP contribution in [-0.4, -0.2) is 47.7 Å². The minimum Gasteiger partial charge on any atom is -0.444 e. The Balaban J connectivity index is 1.43. The number of likely N-dealkylation sites (N-methyl/N-ethyl adjacent to an activating group) is 1. The number of hydrogen-bond donors (Lipinski definition) is 0. The summed E-state index contributed by atoms with van der Waals surface area (Å²) in [6.07, 6.45) is 3.67. The van der Waals surface area contributed by atoms with Gasteiger partial charge in [0.15, 0.2) is 0 Å². The summed E-state index contributed by atoms with van der Waals surface area (Å²) < 4.78 is 19.5. The van der Waals surface area contributed by atoms with Crippen LogP contribution in [0.3, 0.4) is 0 Å².